The van der Waals surface area contributed by atoms with Crippen LogP contribution < -0.4 is 9.47 Å². The first-order chi connectivity index (χ1) is 7.69. The van der Waals surface area contributed by atoms with E-state index in [1.807, 2.05) is 12.1 Å². The lowest BCUT2D eigenvalue weighted by molar-refractivity contribution is 0.194. The monoisotopic (exact) mass is 223 g/mol. The number of benzene rings is 1. The molecule has 0 saturated carbocycles. The molecule has 87 valence electrons. The van der Waals surface area contributed by atoms with Gasteiger partial charge in [-0.25, -0.2) is 4.79 Å². The highest BCUT2D eigenvalue weighted by Gasteiger charge is 2.07. The summed E-state index contributed by atoms with van der Waals surface area (Å²) in [5, 5.41) is 0. The summed E-state index contributed by atoms with van der Waals surface area (Å²) < 4.78 is 15.0. The molecule has 0 heterocycles. The molecule has 1 aromatic carbocycles. The van der Waals surface area contributed by atoms with E-state index in [1.165, 1.54) is 6.47 Å². The van der Waals surface area contributed by atoms with Gasteiger partial charge in [0, 0.05) is 12.5 Å². The van der Waals surface area contributed by atoms with E-state index in [0.717, 1.165) is 17.1 Å². The summed E-state index contributed by atoms with van der Waals surface area (Å²) in [7, 11) is 3.19. The molecule has 16 heavy (non-hydrogen) atoms. The lowest BCUT2D eigenvalue weighted by Gasteiger charge is -2.11. The van der Waals surface area contributed by atoms with Crippen LogP contribution in [-0.2, 0) is 16.0 Å². The Labute approximate surface area is 95.1 Å². The van der Waals surface area contributed by atoms with Crippen LogP contribution in [0.4, 0.5) is 0 Å². The van der Waals surface area contributed by atoms with Gasteiger partial charge in [-0.3, -0.25) is 0 Å². The lowest BCUT2D eigenvalue weighted by atomic mass is 10.1. The van der Waals surface area contributed by atoms with Gasteiger partial charge in [0.1, 0.15) is 17.6 Å². The van der Waals surface area contributed by atoms with Crippen molar-refractivity contribution in [1.82, 2.24) is 0 Å². The molecule has 0 saturated heterocycles. The Morgan fingerprint density at radius 3 is 2.19 bits per heavy atom. The van der Waals surface area contributed by atoms with Gasteiger partial charge in [-0.05, 0) is 24.6 Å². The van der Waals surface area contributed by atoms with Crippen molar-refractivity contribution in [2.75, 3.05) is 14.2 Å². The van der Waals surface area contributed by atoms with Gasteiger partial charge < -0.3 is 14.2 Å². The van der Waals surface area contributed by atoms with Crippen LogP contribution in [0.5, 0.6) is 11.5 Å². The molecule has 0 aliphatic heterocycles. The van der Waals surface area contributed by atoms with Crippen LogP contribution in [0.15, 0.2) is 18.2 Å². The van der Waals surface area contributed by atoms with Crippen molar-refractivity contribution in [2.45, 2.75) is 19.4 Å². The molecule has 0 fully saturated rings. The summed E-state index contributed by atoms with van der Waals surface area (Å²) in [6.45, 7) is 3.23. The minimum absolute atomic E-state index is 0.214. The normalized spacial score (nSPS) is 11.7. The SMILES string of the molecule is COc1cc(CC(C)O[C]=O)cc(OC)c1. The molecule has 1 aromatic rings. The molecular weight excluding hydrogens is 208 g/mol. The van der Waals surface area contributed by atoms with Gasteiger partial charge in [0.05, 0.1) is 14.2 Å². The number of ether oxygens (including phenoxy) is 3. The van der Waals surface area contributed by atoms with Gasteiger partial charge in [-0.15, -0.1) is 0 Å². The number of rotatable bonds is 6. The van der Waals surface area contributed by atoms with Gasteiger partial charge in [0.15, 0.2) is 0 Å². The maximum absolute atomic E-state index is 10.1. The van der Waals surface area contributed by atoms with Gasteiger partial charge in [0.25, 0.3) is 0 Å². The smallest absolute Gasteiger partial charge is 0.417 e. The Morgan fingerprint density at radius 1 is 1.19 bits per heavy atom. The van der Waals surface area contributed by atoms with Crippen LogP contribution in [-0.4, -0.2) is 26.8 Å². The Morgan fingerprint density at radius 2 is 1.75 bits per heavy atom. The van der Waals surface area contributed by atoms with Crippen molar-refractivity contribution in [2.24, 2.45) is 0 Å². The highest BCUT2D eigenvalue weighted by atomic mass is 16.5. The molecule has 1 rings (SSSR count). The summed E-state index contributed by atoms with van der Waals surface area (Å²) in [6, 6.07) is 5.56. The summed E-state index contributed by atoms with van der Waals surface area (Å²) in [4.78, 5) is 10.1. The third kappa shape index (κ3) is 3.46. The predicted molar refractivity (Wildman–Crippen MR) is 59.5 cm³/mol. The molecule has 1 atom stereocenters. The topological polar surface area (TPSA) is 44.8 Å². The van der Waals surface area contributed by atoms with Crippen molar-refractivity contribution in [3.63, 3.8) is 0 Å². The molecule has 0 bridgehead atoms. The predicted octanol–water partition coefficient (Wildman–Crippen LogP) is 1.72. The fourth-order valence-electron chi connectivity index (χ4n) is 1.44. The van der Waals surface area contributed by atoms with E-state index in [-0.39, 0.29) is 6.10 Å². The largest absolute Gasteiger partial charge is 0.497 e. The standard InChI is InChI=1S/C12H15O4/c1-9(16-8-13)4-10-5-11(14-2)7-12(6-10)15-3/h5-7,9H,4H2,1-3H3. The maximum Gasteiger partial charge on any atom is 0.417 e. The van der Waals surface area contributed by atoms with Crippen LogP contribution in [0, 0.1) is 0 Å². The first kappa shape index (κ1) is 12.4. The molecule has 4 nitrogen and oxygen atoms in total. The molecule has 1 radical (unpaired) electrons. The van der Waals surface area contributed by atoms with Crippen molar-refractivity contribution in [1.29, 1.82) is 0 Å². The zero-order chi connectivity index (χ0) is 12.0. The molecule has 0 aromatic heterocycles. The van der Waals surface area contributed by atoms with Gasteiger partial charge in [-0.2, -0.15) is 0 Å². The van der Waals surface area contributed by atoms with E-state index in [2.05, 4.69) is 0 Å². The quantitative estimate of drug-likeness (QED) is 0.736. The minimum atomic E-state index is -0.214. The van der Waals surface area contributed by atoms with Crippen LogP contribution in [0.2, 0.25) is 0 Å². The fourth-order valence-corrected chi connectivity index (χ4v) is 1.44. The summed E-state index contributed by atoms with van der Waals surface area (Å²) in [5.41, 5.74) is 0.985. The van der Waals surface area contributed by atoms with E-state index in [4.69, 9.17) is 14.2 Å². The molecule has 1 unspecified atom stereocenters. The molecule has 0 aliphatic carbocycles. The van der Waals surface area contributed by atoms with E-state index in [9.17, 15) is 4.79 Å². The number of hydrogen-bond acceptors (Lipinski definition) is 4. The Kier molecular flexibility index (Phi) is 4.64. The Hall–Kier alpha value is -1.71. The second-order valence-electron chi connectivity index (χ2n) is 3.44. The van der Waals surface area contributed by atoms with Crippen molar-refractivity contribution < 1.29 is 19.0 Å². The van der Waals surface area contributed by atoms with Crippen LogP contribution in [0.1, 0.15) is 12.5 Å². The Bertz CT molecular complexity index is 327. The maximum atomic E-state index is 10.1. The summed E-state index contributed by atoms with van der Waals surface area (Å²) >= 11 is 0. The fraction of sp³-hybridized carbons (Fsp3) is 0.417. The second kappa shape index (κ2) is 6.00. The summed E-state index contributed by atoms with van der Waals surface area (Å²) in [5.74, 6) is 1.44. The van der Waals surface area contributed by atoms with E-state index >= 15 is 0 Å². The van der Waals surface area contributed by atoms with Gasteiger partial charge in [0.2, 0.25) is 0 Å². The van der Waals surface area contributed by atoms with E-state index in [0.29, 0.717) is 6.42 Å². The zero-order valence-corrected chi connectivity index (χ0v) is 9.65. The number of carbonyl (C=O) groups excluding carboxylic acids is 1. The molecule has 0 spiro atoms. The van der Waals surface area contributed by atoms with E-state index < -0.39 is 0 Å². The first-order valence-corrected chi connectivity index (χ1v) is 4.94. The summed E-state index contributed by atoms with van der Waals surface area (Å²) in [6.07, 6.45) is 0.386. The molecular formula is C12H15O4. The highest BCUT2D eigenvalue weighted by Crippen LogP contribution is 2.23. The van der Waals surface area contributed by atoms with Crippen molar-refractivity contribution in [3.8, 4) is 11.5 Å². The van der Waals surface area contributed by atoms with E-state index in [1.54, 1.807) is 27.2 Å². The van der Waals surface area contributed by atoms with Crippen molar-refractivity contribution >= 4 is 6.47 Å². The molecule has 0 aliphatic rings. The molecule has 4 heteroatoms. The van der Waals surface area contributed by atoms with Crippen LogP contribution in [0.25, 0.3) is 0 Å². The average molecular weight is 223 g/mol. The second-order valence-corrected chi connectivity index (χ2v) is 3.44. The Balaban J connectivity index is 2.81. The van der Waals surface area contributed by atoms with Crippen LogP contribution in [0.3, 0.4) is 0 Å². The number of hydrogen-bond donors (Lipinski definition) is 0. The average Bonchev–Trinajstić information content (AvgIpc) is 2.28. The lowest BCUT2D eigenvalue weighted by Crippen LogP contribution is -2.10. The van der Waals surface area contributed by atoms with Crippen molar-refractivity contribution in [3.05, 3.63) is 23.8 Å². The highest BCUT2D eigenvalue weighted by molar-refractivity contribution is 5.40. The zero-order valence-electron chi connectivity index (χ0n) is 9.65. The third-order valence-corrected chi connectivity index (χ3v) is 2.18. The molecule has 0 amide bonds. The minimum Gasteiger partial charge on any atom is -0.497 e. The molecule has 0 N–H and O–H groups in total. The number of methoxy groups -OCH3 is 2. The van der Waals surface area contributed by atoms with Gasteiger partial charge in [-0.1, -0.05) is 0 Å². The third-order valence-electron chi connectivity index (χ3n) is 2.18. The van der Waals surface area contributed by atoms with Crippen LogP contribution >= 0.6 is 0 Å². The van der Waals surface area contributed by atoms with Gasteiger partial charge >= 0.3 is 6.47 Å². The first-order valence-electron chi connectivity index (χ1n) is 4.94.